The van der Waals surface area contributed by atoms with Crippen molar-refractivity contribution in [3.8, 4) is 0 Å². The van der Waals surface area contributed by atoms with Crippen LogP contribution in [0.25, 0.3) is 0 Å². The first-order valence-electron chi connectivity index (χ1n) is 5.99. The zero-order valence-electron chi connectivity index (χ0n) is 10.2. The van der Waals surface area contributed by atoms with E-state index < -0.39 is 5.97 Å². The molecule has 1 aliphatic rings. The minimum absolute atomic E-state index is 0.143. The molecule has 1 heterocycles. The Morgan fingerprint density at radius 2 is 2.07 bits per heavy atom. The van der Waals surface area contributed by atoms with Gasteiger partial charge in [0.25, 0.3) is 0 Å². The van der Waals surface area contributed by atoms with Gasteiger partial charge in [0, 0.05) is 18.1 Å². The summed E-state index contributed by atoms with van der Waals surface area (Å²) < 4.78 is 0. The molecule has 1 aliphatic heterocycles. The van der Waals surface area contributed by atoms with E-state index in [1.54, 1.807) is 0 Å². The van der Waals surface area contributed by atoms with Crippen LogP contribution in [0.4, 0.5) is 0 Å². The molecule has 3 heteroatoms. The number of carbonyl (C=O) groups is 1. The number of likely N-dealkylation sites (tertiary alicyclic amines) is 1. The first-order chi connectivity index (χ1) is 6.99. The van der Waals surface area contributed by atoms with Crippen molar-refractivity contribution in [1.82, 2.24) is 4.90 Å². The molecule has 0 aromatic carbocycles. The van der Waals surface area contributed by atoms with Crippen LogP contribution in [0.2, 0.25) is 0 Å². The molecule has 0 aliphatic carbocycles. The van der Waals surface area contributed by atoms with Gasteiger partial charge in [0.05, 0.1) is 5.92 Å². The summed E-state index contributed by atoms with van der Waals surface area (Å²) in [6.07, 6.45) is 3.55. The summed E-state index contributed by atoms with van der Waals surface area (Å²) in [7, 11) is 0. The molecule has 15 heavy (non-hydrogen) atoms. The first kappa shape index (κ1) is 12.5. The molecule has 1 fully saturated rings. The van der Waals surface area contributed by atoms with Crippen LogP contribution in [0.3, 0.4) is 0 Å². The number of nitrogens with zero attached hydrogens (tertiary/aromatic N) is 1. The van der Waals surface area contributed by atoms with E-state index in [0.29, 0.717) is 12.1 Å². The Morgan fingerprint density at radius 3 is 2.53 bits per heavy atom. The molecule has 0 spiro atoms. The van der Waals surface area contributed by atoms with Crippen LogP contribution >= 0.6 is 0 Å². The molecular weight excluding hydrogens is 190 g/mol. The van der Waals surface area contributed by atoms with Gasteiger partial charge in [-0.3, -0.25) is 9.69 Å². The quantitative estimate of drug-likeness (QED) is 0.779. The Labute approximate surface area is 92.5 Å². The molecule has 1 N–H and O–H groups in total. The lowest BCUT2D eigenvalue weighted by Gasteiger charge is -2.35. The zero-order chi connectivity index (χ0) is 11.6. The third-order valence-corrected chi connectivity index (χ3v) is 3.90. The van der Waals surface area contributed by atoms with Gasteiger partial charge in [-0.05, 0) is 33.1 Å². The van der Waals surface area contributed by atoms with Crippen molar-refractivity contribution in [3.63, 3.8) is 0 Å². The number of rotatable bonds is 4. The molecule has 1 rings (SSSR count). The van der Waals surface area contributed by atoms with Gasteiger partial charge in [0.1, 0.15) is 0 Å². The second-order valence-corrected chi connectivity index (χ2v) is 4.80. The van der Waals surface area contributed by atoms with Crippen LogP contribution in [0.15, 0.2) is 0 Å². The largest absolute Gasteiger partial charge is 0.481 e. The predicted molar refractivity (Wildman–Crippen MR) is 60.9 cm³/mol. The maximum atomic E-state index is 11.0. The topological polar surface area (TPSA) is 40.5 Å². The summed E-state index contributed by atoms with van der Waals surface area (Å²) in [6, 6.07) is 1.26. The predicted octanol–water partition coefficient (Wildman–Crippen LogP) is 2.36. The lowest BCUT2D eigenvalue weighted by Crippen LogP contribution is -2.46. The summed E-state index contributed by atoms with van der Waals surface area (Å²) in [5.41, 5.74) is 0. The SMILES string of the molecule is CCC1CCC(C)N1C(C)C(C)C(=O)O. The van der Waals surface area contributed by atoms with Crippen molar-refractivity contribution in [2.45, 2.75) is 65.1 Å². The van der Waals surface area contributed by atoms with Gasteiger partial charge in [-0.15, -0.1) is 0 Å². The van der Waals surface area contributed by atoms with E-state index in [2.05, 4.69) is 18.7 Å². The molecule has 0 aromatic heterocycles. The maximum absolute atomic E-state index is 11.0. The van der Waals surface area contributed by atoms with Gasteiger partial charge in [-0.2, -0.15) is 0 Å². The number of carboxylic acids is 1. The van der Waals surface area contributed by atoms with E-state index in [1.807, 2.05) is 13.8 Å². The number of aliphatic carboxylic acids is 1. The molecule has 0 bridgehead atoms. The van der Waals surface area contributed by atoms with Gasteiger partial charge in [-0.1, -0.05) is 13.8 Å². The highest BCUT2D eigenvalue weighted by atomic mass is 16.4. The summed E-state index contributed by atoms with van der Waals surface area (Å²) in [5, 5.41) is 9.03. The molecule has 4 unspecified atom stereocenters. The molecule has 4 atom stereocenters. The molecule has 0 radical (unpaired) electrons. The van der Waals surface area contributed by atoms with E-state index in [4.69, 9.17) is 5.11 Å². The first-order valence-corrected chi connectivity index (χ1v) is 5.99. The van der Waals surface area contributed by atoms with Crippen molar-refractivity contribution in [2.75, 3.05) is 0 Å². The lowest BCUT2D eigenvalue weighted by molar-refractivity contribution is -0.143. The molecular formula is C12H23NO2. The van der Waals surface area contributed by atoms with Crippen LogP contribution < -0.4 is 0 Å². The third-order valence-electron chi connectivity index (χ3n) is 3.90. The van der Waals surface area contributed by atoms with Crippen molar-refractivity contribution < 1.29 is 9.90 Å². The van der Waals surface area contributed by atoms with E-state index in [-0.39, 0.29) is 12.0 Å². The van der Waals surface area contributed by atoms with Crippen LogP contribution in [-0.4, -0.2) is 34.1 Å². The fourth-order valence-electron chi connectivity index (χ4n) is 2.71. The van der Waals surface area contributed by atoms with Crippen molar-refractivity contribution in [2.24, 2.45) is 5.92 Å². The van der Waals surface area contributed by atoms with Gasteiger partial charge in [0.2, 0.25) is 0 Å². The van der Waals surface area contributed by atoms with E-state index in [0.717, 1.165) is 6.42 Å². The smallest absolute Gasteiger partial charge is 0.307 e. The minimum Gasteiger partial charge on any atom is -0.481 e. The Morgan fingerprint density at radius 1 is 1.47 bits per heavy atom. The molecule has 0 aromatic rings. The zero-order valence-corrected chi connectivity index (χ0v) is 10.2. The fourth-order valence-corrected chi connectivity index (χ4v) is 2.71. The van der Waals surface area contributed by atoms with Crippen LogP contribution in [0, 0.1) is 5.92 Å². The van der Waals surface area contributed by atoms with E-state index >= 15 is 0 Å². The number of hydrogen-bond acceptors (Lipinski definition) is 2. The average Bonchev–Trinajstić information content (AvgIpc) is 2.57. The normalized spacial score (nSPS) is 31.5. The van der Waals surface area contributed by atoms with Gasteiger partial charge in [0.15, 0.2) is 0 Å². The molecule has 0 saturated carbocycles. The monoisotopic (exact) mass is 213 g/mol. The Kier molecular flexibility index (Phi) is 4.14. The Hall–Kier alpha value is -0.570. The molecule has 0 amide bonds. The third kappa shape index (κ3) is 2.51. The van der Waals surface area contributed by atoms with Crippen molar-refractivity contribution >= 4 is 5.97 Å². The molecule has 88 valence electrons. The highest BCUT2D eigenvalue weighted by Gasteiger charge is 2.36. The second kappa shape index (κ2) is 4.97. The summed E-state index contributed by atoms with van der Waals surface area (Å²) >= 11 is 0. The van der Waals surface area contributed by atoms with Gasteiger partial charge in [-0.25, -0.2) is 0 Å². The lowest BCUT2D eigenvalue weighted by atomic mass is 10.00. The highest BCUT2D eigenvalue weighted by Crippen LogP contribution is 2.30. The molecule has 3 nitrogen and oxygen atoms in total. The maximum Gasteiger partial charge on any atom is 0.307 e. The van der Waals surface area contributed by atoms with Crippen molar-refractivity contribution in [3.05, 3.63) is 0 Å². The highest BCUT2D eigenvalue weighted by molar-refractivity contribution is 5.70. The van der Waals surface area contributed by atoms with Gasteiger partial charge >= 0.3 is 5.97 Å². The van der Waals surface area contributed by atoms with Crippen molar-refractivity contribution in [1.29, 1.82) is 0 Å². The van der Waals surface area contributed by atoms with Gasteiger partial charge < -0.3 is 5.11 Å². The van der Waals surface area contributed by atoms with Crippen LogP contribution in [0.5, 0.6) is 0 Å². The molecule has 1 saturated heterocycles. The number of carboxylic acid groups (broad SMARTS) is 1. The summed E-state index contributed by atoms with van der Waals surface area (Å²) in [6.45, 7) is 8.25. The summed E-state index contributed by atoms with van der Waals surface area (Å²) in [4.78, 5) is 13.4. The average molecular weight is 213 g/mol. The standard InChI is InChI=1S/C12H23NO2/c1-5-11-7-6-8(2)13(11)10(4)9(3)12(14)15/h8-11H,5-7H2,1-4H3,(H,14,15). The van der Waals surface area contributed by atoms with E-state index in [1.165, 1.54) is 12.8 Å². The van der Waals surface area contributed by atoms with Crippen LogP contribution in [-0.2, 0) is 4.79 Å². The second-order valence-electron chi connectivity index (χ2n) is 4.80. The Balaban J connectivity index is 2.71. The minimum atomic E-state index is -0.684. The van der Waals surface area contributed by atoms with E-state index in [9.17, 15) is 4.79 Å². The summed E-state index contributed by atoms with van der Waals surface area (Å²) in [5.74, 6) is -0.962. The Bertz CT molecular complexity index is 230. The number of hydrogen-bond donors (Lipinski definition) is 1. The van der Waals surface area contributed by atoms with Crippen LogP contribution in [0.1, 0.15) is 47.0 Å². The fraction of sp³-hybridized carbons (Fsp3) is 0.917.